The summed E-state index contributed by atoms with van der Waals surface area (Å²) in [4.78, 5) is 22.2. The highest BCUT2D eigenvalue weighted by atomic mass is 16.6. The number of rotatable bonds is 6. The Labute approximate surface area is 160 Å². The number of tetrazole rings is 1. The van der Waals surface area contributed by atoms with Crippen LogP contribution in [0.15, 0.2) is 48.5 Å². The number of nitrogens with zero attached hydrogens (tertiary/aromatic N) is 5. The van der Waals surface area contributed by atoms with Crippen LogP contribution in [0.5, 0.6) is 0 Å². The molecule has 0 fully saturated rings. The standard InChI is InChI=1S/C19H18N6O3/c1-13-3-7-17(11-14(13)2)24-18(21-22-23-24)12-20-19(26)10-6-15-4-8-16(9-5-15)25(27)28/h3-11H,12H2,1-2H3,(H,20,26)/b10-6-. The minimum absolute atomic E-state index is 0.000203. The highest BCUT2D eigenvalue weighted by Crippen LogP contribution is 2.14. The zero-order chi connectivity index (χ0) is 20.1. The van der Waals surface area contributed by atoms with Gasteiger partial charge in [-0.25, -0.2) is 0 Å². The van der Waals surface area contributed by atoms with E-state index in [0.717, 1.165) is 11.3 Å². The van der Waals surface area contributed by atoms with Gasteiger partial charge in [-0.15, -0.1) is 5.10 Å². The second-order valence-corrected chi connectivity index (χ2v) is 6.18. The Morgan fingerprint density at radius 2 is 1.93 bits per heavy atom. The van der Waals surface area contributed by atoms with E-state index in [-0.39, 0.29) is 18.1 Å². The zero-order valence-corrected chi connectivity index (χ0v) is 15.4. The van der Waals surface area contributed by atoms with Crippen LogP contribution in [0.2, 0.25) is 0 Å². The average molecular weight is 378 g/mol. The van der Waals surface area contributed by atoms with Crippen molar-refractivity contribution in [2.45, 2.75) is 20.4 Å². The molecule has 0 saturated carbocycles. The number of non-ortho nitro benzene ring substituents is 1. The summed E-state index contributed by atoms with van der Waals surface area (Å²) in [5.74, 6) is 0.174. The number of aromatic nitrogens is 4. The van der Waals surface area contributed by atoms with E-state index in [1.54, 1.807) is 22.9 Å². The third-order valence-electron chi connectivity index (χ3n) is 4.22. The van der Waals surface area contributed by atoms with Crippen LogP contribution in [-0.2, 0) is 11.3 Å². The van der Waals surface area contributed by atoms with Crippen molar-refractivity contribution in [3.05, 3.63) is 81.2 Å². The summed E-state index contributed by atoms with van der Waals surface area (Å²) in [5, 5.41) is 25.0. The number of amides is 1. The molecular formula is C19H18N6O3. The van der Waals surface area contributed by atoms with Gasteiger partial charge in [-0.1, -0.05) is 6.07 Å². The molecular weight excluding hydrogens is 360 g/mol. The Hall–Kier alpha value is -3.88. The number of benzene rings is 2. The number of carbonyl (C=O) groups is 1. The molecule has 0 radical (unpaired) electrons. The Bertz CT molecular complexity index is 1040. The minimum Gasteiger partial charge on any atom is -0.345 e. The summed E-state index contributed by atoms with van der Waals surface area (Å²) in [6, 6.07) is 11.8. The maximum atomic E-state index is 12.0. The van der Waals surface area contributed by atoms with Crippen LogP contribution < -0.4 is 5.32 Å². The van der Waals surface area contributed by atoms with E-state index in [0.29, 0.717) is 11.4 Å². The molecule has 9 heteroatoms. The van der Waals surface area contributed by atoms with Crippen LogP contribution in [-0.4, -0.2) is 31.0 Å². The maximum Gasteiger partial charge on any atom is 0.269 e. The van der Waals surface area contributed by atoms with Crippen molar-refractivity contribution in [3.63, 3.8) is 0 Å². The van der Waals surface area contributed by atoms with Crippen LogP contribution >= 0.6 is 0 Å². The first-order valence-electron chi connectivity index (χ1n) is 8.49. The van der Waals surface area contributed by atoms with Crippen LogP contribution in [0.3, 0.4) is 0 Å². The number of nitro benzene ring substituents is 1. The number of hydrogen-bond donors (Lipinski definition) is 1. The molecule has 1 N–H and O–H groups in total. The minimum atomic E-state index is -0.472. The lowest BCUT2D eigenvalue weighted by molar-refractivity contribution is -0.384. The molecule has 3 rings (SSSR count). The molecule has 28 heavy (non-hydrogen) atoms. The molecule has 2 aromatic carbocycles. The van der Waals surface area contributed by atoms with Gasteiger partial charge in [0.25, 0.3) is 5.69 Å². The number of nitrogens with one attached hydrogen (secondary N) is 1. The maximum absolute atomic E-state index is 12.0. The summed E-state index contributed by atoms with van der Waals surface area (Å²) in [6.45, 7) is 4.19. The molecule has 3 aromatic rings. The van der Waals surface area contributed by atoms with Gasteiger partial charge in [0.15, 0.2) is 5.82 Å². The first-order valence-corrected chi connectivity index (χ1v) is 8.49. The van der Waals surface area contributed by atoms with Gasteiger partial charge < -0.3 is 5.32 Å². The first kappa shape index (κ1) is 18.9. The Kier molecular flexibility index (Phi) is 5.54. The van der Waals surface area contributed by atoms with Crippen molar-refractivity contribution < 1.29 is 9.72 Å². The third kappa shape index (κ3) is 4.44. The van der Waals surface area contributed by atoms with Crippen molar-refractivity contribution in [1.82, 2.24) is 25.5 Å². The first-order chi connectivity index (χ1) is 13.4. The van der Waals surface area contributed by atoms with Gasteiger partial charge in [0, 0.05) is 18.2 Å². The van der Waals surface area contributed by atoms with Crippen molar-refractivity contribution in [3.8, 4) is 5.69 Å². The predicted octanol–water partition coefficient (Wildman–Crippen LogP) is 2.52. The van der Waals surface area contributed by atoms with Crippen LogP contribution in [0, 0.1) is 24.0 Å². The zero-order valence-electron chi connectivity index (χ0n) is 15.4. The van der Waals surface area contributed by atoms with Crippen molar-refractivity contribution in [1.29, 1.82) is 0 Å². The summed E-state index contributed by atoms with van der Waals surface area (Å²) < 4.78 is 1.58. The lowest BCUT2D eigenvalue weighted by Crippen LogP contribution is -2.22. The molecule has 9 nitrogen and oxygen atoms in total. The molecule has 1 aromatic heterocycles. The summed E-state index contributed by atoms with van der Waals surface area (Å²) in [6.07, 6.45) is 2.93. The highest BCUT2D eigenvalue weighted by Gasteiger charge is 2.10. The quantitative estimate of drug-likeness (QED) is 0.400. The fraction of sp³-hybridized carbons (Fsp3) is 0.158. The van der Waals surface area contributed by atoms with E-state index >= 15 is 0 Å². The van der Waals surface area contributed by atoms with Crippen LogP contribution in [0.1, 0.15) is 22.5 Å². The van der Waals surface area contributed by atoms with Gasteiger partial charge >= 0.3 is 0 Å². The SMILES string of the molecule is Cc1ccc(-n2nnnc2CNC(=O)/C=C\c2ccc([N+](=O)[O-])cc2)cc1C. The molecule has 0 saturated heterocycles. The van der Waals surface area contributed by atoms with E-state index < -0.39 is 4.92 Å². The van der Waals surface area contributed by atoms with Crippen LogP contribution in [0.4, 0.5) is 5.69 Å². The molecule has 142 valence electrons. The van der Waals surface area contributed by atoms with E-state index in [2.05, 4.69) is 20.8 Å². The molecule has 0 unspecified atom stereocenters. The fourth-order valence-corrected chi connectivity index (χ4v) is 2.48. The highest BCUT2D eigenvalue weighted by molar-refractivity contribution is 5.91. The molecule has 1 amide bonds. The number of nitro groups is 1. The summed E-state index contributed by atoms with van der Waals surface area (Å²) in [7, 11) is 0. The Morgan fingerprint density at radius 1 is 1.18 bits per heavy atom. The van der Waals surface area contributed by atoms with Gasteiger partial charge in [-0.2, -0.15) is 4.68 Å². The lowest BCUT2D eigenvalue weighted by Gasteiger charge is -2.07. The van der Waals surface area contributed by atoms with Gasteiger partial charge in [0.05, 0.1) is 17.2 Å². The Balaban J connectivity index is 1.63. The summed E-state index contributed by atoms with van der Waals surface area (Å²) >= 11 is 0. The van der Waals surface area contributed by atoms with Gasteiger partial charge in [0.1, 0.15) is 0 Å². The van der Waals surface area contributed by atoms with Crippen molar-refractivity contribution in [2.75, 3.05) is 0 Å². The smallest absolute Gasteiger partial charge is 0.269 e. The van der Waals surface area contributed by atoms with Crippen LogP contribution in [0.25, 0.3) is 11.8 Å². The average Bonchev–Trinajstić information content (AvgIpc) is 3.16. The van der Waals surface area contributed by atoms with Gasteiger partial charge in [-0.05, 0) is 71.3 Å². The molecule has 0 aliphatic heterocycles. The summed E-state index contributed by atoms with van der Waals surface area (Å²) in [5.41, 5.74) is 3.79. The van der Waals surface area contributed by atoms with Gasteiger partial charge in [-0.3, -0.25) is 14.9 Å². The lowest BCUT2D eigenvalue weighted by atomic mass is 10.1. The molecule has 0 spiro atoms. The van der Waals surface area contributed by atoms with Crippen molar-refractivity contribution in [2.24, 2.45) is 0 Å². The second kappa shape index (κ2) is 8.21. The van der Waals surface area contributed by atoms with E-state index in [1.165, 1.54) is 23.8 Å². The van der Waals surface area contributed by atoms with E-state index in [4.69, 9.17) is 0 Å². The second-order valence-electron chi connectivity index (χ2n) is 6.18. The molecule has 0 bridgehead atoms. The number of hydrogen-bond acceptors (Lipinski definition) is 6. The Morgan fingerprint density at radius 3 is 2.61 bits per heavy atom. The van der Waals surface area contributed by atoms with E-state index in [9.17, 15) is 14.9 Å². The topological polar surface area (TPSA) is 116 Å². The third-order valence-corrected chi connectivity index (χ3v) is 4.22. The normalized spacial score (nSPS) is 10.9. The van der Waals surface area contributed by atoms with E-state index in [1.807, 2.05) is 32.0 Å². The monoisotopic (exact) mass is 378 g/mol. The number of carbonyl (C=O) groups excluding carboxylic acids is 1. The molecule has 0 atom stereocenters. The molecule has 0 aliphatic carbocycles. The van der Waals surface area contributed by atoms with Crippen molar-refractivity contribution >= 4 is 17.7 Å². The largest absolute Gasteiger partial charge is 0.345 e. The van der Waals surface area contributed by atoms with Gasteiger partial charge in [0.2, 0.25) is 5.91 Å². The fourth-order valence-electron chi connectivity index (χ4n) is 2.48. The predicted molar refractivity (Wildman–Crippen MR) is 103 cm³/mol. The number of aryl methyl sites for hydroxylation is 2. The molecule has 1 heterocycles. The molecule has 0 aliphatic rings.